The number of nitrogens with one attached hydrogen (secondary N) is 1. The van der Waals surface area contributed by atoms with Crippen LogP contribution in [-0.2, 0) is 6.18 Å². The van der Waals surface area contributed by atoms with Crippen molar-refractivity contribution < 1.29 is 18.0 Å². The van der Waals surface area contributed by atoms with E-state index in [2.05, 4.69) is 5.32 Å². The van der Waals surface area contributed by atoms with E-state index in [0.29, 0.717) is 0 Å². The molecule has 0 fully saturated rings. The zero-order valence-electron chi connectivity index (χ0n) is 7.60. The Hall–Kier alpha value is -1.08. The second kappa shape index (κ2) is 4.63. The normalized spacial score (nSPS) is 11.5. The number of halogens is 3. The highest BCUT2D eigenvalue weighted by Crippen LogP contribution is 2.32. The van der Waals surface area contributed by atoms with Crippen LogP contribution in [0.4, 0.5) is 13.2 Å². The average molecular weight is 238 g/mol. The fourth-order valence-corrected chi connectivity index (χ4v) is 1.71. The van der Waals surface area contributed by atoms with Gasteiger partial charge in [-0.25, -0.2) is 0 Å². The van der Waals surface area contributed by atoms with Crippen molar-refractivity contribution in [1.29, 1.82) is 0 Å². The highest BCUT2D eigenvalue weighted by atomic mass is 32.1. The van der Waals surface area contributed by atoms with Crippen molar-refractivity contribution in [3.8, 4) is 0 Å². The first-order chi connectivity index (χ1) is 6.95. The molecule has 1 aromatic rings. The number of hydrogen-bond acceptors (Lipinski definition) is 3. The molecule has 1 rings (SSSR count). The van der Waals surface area contributed by atoms with Crippen molar-refractivity contribution in [2.24, 2.45) is 5.73 Å². The number of carbonyl (C=O) groups excluding carboxylic acids is 1. The summed E-state index contributed by atoms with van der Waals surface area (Å²) in [7, 11) is 0. The lowest BCUT2D eigenvalue weighted by atomic mass is 10.3. The van der Waals surface area contributed by atoms with Crippen molar-refractivity contribution in [3.63, 3.8) is 0 Å². The van der Waals surface area contributed by atoms with Gasteiger partial charge in [0.05, 0.1) is 10.4 Å². The van der Waals surface area contributed by atoms with Gasteiger partial charge in [0.15, 0.2) is 0 Å². The molecule has 0 bridgehead atoms. The van der Waals surface area contributed by atoms with Crippen LogP contribution in [-0.4, -0.2) is 19.0 Å². The number of amides is 1. The molecule has 0 spiro atoms. The maximum Gasteiger partial charge on any atom is 0.417 e. The van der Waals surface area contributed by atoms with Crippen molar-refractivity contribution in [2.45, 2.75) is 6.18 Å². The molecule has 0 atom stereocenters. The molecule has 0 unspecified atom stereocenters. The Morgan fingerprint density at radius 1 is 1.53 bits per heavy atom. The highest BCUT2D eigenvalue weighted by molar-refractivity contribution is 7.12. The molecule has 0 aliphatic rings. The zero-order chi connectivity index (χ0) is 11.5. The monoisotopic (exact) mass is 238 g/mol. The summed E-state index contributed by atoms with van der Waals surface area (Å²) in [6.07, 6.45) is -4.40. The largest absolute Gasteiger partial charge is 0.417 e. The Morgan fingerprint density at radius 3 is 2.67 bits per heavy atom. The molecule has 0 radical (unpaired) electrons. The van der Waals surface area contributed by atoms with Gasteiger partial charge >= 0.3 is 6.18 Å². The Labute approximate surface area is 88.1 Å². The second-order valence-electron chi connectivity index (χ2n) is 2.74. The molecule has 1 amide bonds. The standard InChI is InChI=1S/C8H9F3N2OS/c9-8(10,11)5-3-6(15-4-5)7(14)13-2-1-12/h3-4H,1-2,12H2,(H,13,14). The minimum atomic E-state index is -4.40. The summed E-state index contributed by atoms with van der Waals surface area (Å²) in [5.74, 6) is -0.527. The Morgan fingerprint density at radius 2 is 2.20 bits per heavy atom. The lowest BCUT2D eigenvalue weighted by Crippen LogP contribution is -2.28. The van der Waals surface area contributed by atoms with Crippen LogP contribution in [0.2, 0.25) is 0 Å². The third-order valence-electron chi connectivity index (χ3n) is 1.58. The van der Waals surface area contributed by atoms with E-state index in [1.165, 1.54) is 0 Å². The van der Waals surface area contributed by atoms with Crippen LogP contribution in [0.5, 0.6) is 0 Å². The van der Waals surface area contributed by atoms with E-state index in [-0.39, 0.29) is 18.0 Å². The van der Waals surface area contributed by atoms with Crippen molar-refractivity contribution in [3.05, 3.63) is 21.9 Å². The quantitative estimate of drug-likeness (QED) is 0.837. The molecule has 1 aromatic heterocycles. The minimum Gasteiger partial charge on any atom is -0.350 e. The third-order valence-corrected chi connectivity index (χ3v) is 2.51. The topological polar surface area (TPSA) is 55.1 Å². The number of hydrogen-bond donors (Lipinski definition) is 2. The fourth-order valence-electron chi connectivity index (χ4n) is 0.877. The summed E-state index contributed by atoms with van der Waals surface area (Å²) < 4.78 is 36.5. The predicted molar refractivity (Wildman–Crippen MR) is 50.7 cm³/mol. The van der Waals surface area contributed by atoms with Crippen molar-refractivity contribution >= 4 is 17.2 Å². The van der Waals surface area contributed by atoms with Crippen molar-refractivity contribution in [1.82, 2.24) is 5.32 Å². The van der Waals surface area contributed by atoms with Gasteiger partial charge in [-0.2, -0.15) is 13.2 Å². The molecule has 7 heteroatoms. The number of alkyl halides is 3. The van der Waals surface area contributed by atoms with Crippen LogP contribution in [0.3, 0.4) is 0 Å². The maximum atomic E-state index is 12.2. The molecule has 0 aliphatic carbocycles. The Balaban J connectivity index is 2.72. The molecule has 84 valence electrons. The second-order valence-corrected chi connectivity index (χ2v) is 3.65. The molecule has 1 heterocycles. The number of rotatable bonds is 3. The molecule has 0 saturated heterocycles. The summed E-state index contributed by atoms with van der Waals surface area (Å²) in [6.45, 7) is 0.501. The molecule has 3 nitrogen and oxygen atoms in total. The first-order valence-electron chi connectivity index (χ1n) is 4.09. The Bertz CT molecular complexity index is 348. The van der Waals surface area contributed by atoms with Gasteiger partial charge in [-0.3, -0.25) is 4.79 Å². The SMILES string of the molecule is NCCNC(=O)c1cc(C(F)(F)F)cs1. The Kier molecular flexibility index (Phi) is 3.70. The van der Waals surface area contributed by atoms with Gasteiger partial charge in [0, 0.05) is 18.5 Å². The van der Waals surface area contributed by atoms with Gasteiger partial charge in [0.1, 0.15) is 0 Å². The van der Waals surface area contributed by atoms with E-state index in [4.69, 9.17) is 5.73 Å². The molecule has 15 heavy (non-hydrogen) atoms. The summed E-state index contributed by atoms with van der Waals surface area (Å²) in [5, 5.41) is 3.31. The predicted octanol–water partition coefficient (Wildman–Crippen LogP) is 1.46. The highest BCUT2D eigenvalue weighted by Gasteiger charge is 2.32. The summed E-state index contributed by atoms with van der Waals surface area (Å²) in [5.41, 5.74) is 4.34. The molecule has 3 N–H and O–H groups in total. The fraction of sp³-hybridized carbons (Fsp3) is 0.375. The first-order valence-corrected chi connectivity index (χ1v) is 4.97. The summed E-state index contributed by atoms with van der Waals surface area (Å²) in [4.78, 5) is 11.3. The molecular formula is C8H9F3N2OS. The molecule has 0 aromatic carbocycles. The zero-order valence-corrected chi connectivity index (χ0v) is 8.41. The van der Waals surface area contributed by atoms with Crippen LogP contribution >= 0.6 is 11.3 Å². The van der Waals surface area contributed by atoms with E-state index in [0.717, 1.165) is 22.8 Å². The minimum absolute atomic E-state index is 0.0378. The third kappa shape index (κ3) is 3.21. The lowest BCUT2D eigenvalue weighted by molar-refractivity contribution is -0.137. The van der Waals surface area contributed by atoms with E-state index in [1.54, 1.807) is 0 Å². The van der Waals surface area contributed by atoms with Gasteiger partial charge in [-0.1, -0.05) is 0 Å². The maximum absolute atomic E-state index is 12.2. The number of nitrogens with two attached hydrogens (primary N) is 1. The van der Waals surface area contributed by atoms with Crippen LogP contribution < -0.4 is 11.1 Å². The first kappa shape index (κ1) is 12.0. The van der Waals surface area contributed by atoms with Gasteiger partial charge in [0.25, 0.3) is 5.91 Å². The lowest BCUT2D eigenvalue weighted by Gasteiger charge is -2.01. The van der Waals surface area contributed by atoms with Gasteiger partial charge < -0.3 is 11.1 Å². The number of carbonyl (C=O) groups is 1. The van der Waals surface area contributed by atoms with Gasteiger partial charge in [-0.15, -0.1) is 11.3 Å². The van der Waals surface area contributed by atoms with Crippen LogP contribution in [0, 0.1) is 0 Å². The van der Waals surface area contributed by atoms with Crippen LogP contribution in [0.1, 0.15) is 15.2 Å². The van der Waals surface area contributed by atoms with E-state index >= 15 is 0 Å². The number of thiophene rings is 1. The smallest absolute Gasteiger partial charge is 0.350 e. The van der Waals surface area contributed by atoms with Crippen LogP contribution in [0.15, 0.2) is 11.4 Å². The van der Waals surface area contributed by atoms with Gasteiger partial charge in [-0.05, 0) is 6.07 Å². The summed E-state index contributed by atoms with van der Waals surface area (Å²) in [6, 6.07) is 0.830. The average Bonchev–Trinajstić information content (AvgIpc) is 2.62. The van der Waals surface area contributed by atoms with E-state index < -0.39 is 17.6 Å². The van der Waals surface area contributed by atoms with Crippen molar-refractivity contribution in [2.75, 3.05) is 13.1 Å². The summed E-state index contributed by atoms with van der Waals surface area (Å²) >= 11 is 0.762. The van der Waals surface area contributed by atoms with E-state index in [9.17, 15) is 18.0 Å². The van der Waals surface area contributed by atoms with Crippen LogP contribution in [0.25, 0.3) is 0 Å². The van der Waals surface area contributed by atoms with Gasteiger partial charge in [0.2, 0.25) is 0 Å². The molecule has 0 saturated carbocycles. The molecule has 0 aliphatic heterocycles. The molecular weight excluding hydrogens is 229 g/mol. The van der Waals surface area contributed by atoms with E-state index in [1.807, 2.05) is 0 Å².